The molecule has 33 heavy (non-hydrogen) atoms. The van der Waals surface area contributed by atoms with E-state index in [1.54, 1.807) is 11.2 Å². The SMILES string of the molecule is C[NH+]=CC(=CN)c1ccc2c(c1)C(Nc1cccc(CC(=O)OC)c1)CCN(N)/C2=C(/C)N. The van der Waals surface area contributed by atoms with E-state index in [2.05, 4.69) is 16.4 Å². The molecule has 1 atom stereocenters. The van der Waals surface area contributed by atoms with Gasteiger partial charge in [0.25, 0.3) is 0 Å². The topological polar surface area (TPSA) is 134 Å². The minimum atomic E-state index is -0.273. The predicted molar refractivity (Wildman–Crippen MR) is 132 cm³/mol. The van der Waals surface area contributed by atoms with Crippen LogP contribution in [0, 0.1) is 0 Å². The van der Waals surface area contributed by atoms with Crippen LogP contribution in [0.5, 0.6) is 0 Å². The quantitative estimate of drug-likeness (QED) is 0.251. The molecule has 174 valence electrons. The lowest BCUT2D eigenvalue weighted by Gasteiger charge is -2.22. The van der Waals surface area contributed by atoms with Gasteiger partial charge in [0.1, 0.15) is 7.05 Å². The van der Waals surface area contributed by atoms with Crippen molar-refractivity contribution in [3.8, 4) is 0 Å². The lowest BCUT2D eigenvalue weighted by Crippen LogP contribution is -2.63. The zero-order valence-corrected chi connectivity index (χ0v) is 19.4. The summed E-state index contributed by atoms with van der Waals surface area (Å²) < 4.78 is 4.80. The van der Waals surface area contributed by atoms with Crippen LogP contribution in [0.15, 0.2) is 54.4 Å². The first-order valence-electron chi connectivity index (χ1n) is 10.9. The predicted octanol–water partition coefficient (Wildman–Crippen LogP) is 0.863. The first kappa shape index (κ1) is 23.9. The molecule has 1 aliphatic rings. The van der Waals surface area contributed by atoms with Crippen molar-refractivity contribution in [3.05, 3.63) is 76.6 Å². The summed E-state index contributed by atoms with van der Waals surface area (Å²) in [6.45, 7) is 2.48. The summed E-state index contributed by atoms with van der Waals surface area (Å²) in [4.78, 5) is 14.7. The number of fused-ring (bicyclic) bond motifs is 1. The molecule has 2 aromatic carbocycles. The van der Waals surface area contributed by atoms with Gasteiger partial charge in [-0.3, -0.25) is 9.79 Å². The molecule has 1 unspecified atom stereocenters. The van der Waals surface area contributed by atoms with Gasteiger partial charge in [-0.05, 0) is 48.2 Å². The highest BCUT2D eigenvalue weighted by Gasteiger charge is 2.26. The van der Waals surface area contributed by atoms with Gasteiger partial charge in [0.15, 0.2) is 6.21 Å². The average Bonchev–Trinajstić information content (AvgIpc) is 2.93. The number of anilines is 1. The summed E-state index contributed by atoms with van der Waals surface area (Å²) in [5.74, 6) is 6.11. The molecule has 0 fully saturated rings. The molecule has 3 rings (SSSR count). The third kappa shape index (κ3) is 5.53. The van der Waals surface area contributed by atoms with Crippen LogP contribution in [0.1, 0.15) is 41.6 Å². The van der Waals surface area contributed by atoms with E-state index >= 15 is 0 Å². The Balaban J connectivity index is 2.06. The minimum Gasteiger partial charge on any atom is -0.469 e. The number of benzene rings is 2. The number of nitrogens with zero attached hydrogens (tertiary/aromatic N) is 1. The monoisotopic (exact) mass is 449 g/mol. The van der Waals surface area contributed by atoms with Crippen LogP contribution < -0.4 is 27.6 Å². The standard InChI is InChI=1S/C25H32N6O2/c1-16(27)25-21-8-7-18(19(14-26)15-29-2)13-22(21)23(9-10-31(25)28)30-20-6-4-5-17(11-20)12-24(32)33-3/h4-8,11,13-15,23,30H,9-10,12,26-28H2,1-3H3/p+1/b19-14?,25-16-,29-15?. The number of nitrogens with one attached hydrogen (secondary N) is 2. The van der Waals surface area contributed by atoms with E-state index in [4.69, 9.17) is 22.0 Å². The van der Waals surface area contributed by atoms with E-state index < -0.39 is 0 Å². The molecule has 8 heteroatoms. The third-order valence-corrected chi connectivity index (χ3v) is 5.66. The van der Waals surface area contributed by atoms with Crippen molar-refractivity contribution in [2.45, 2.75) is 25.8 Å². The molecule has 0 saturated carbocycles. The summed E-state index contributed by atoms with van der Waals surface area (Å²) in [6, 6.07) is 13.9. The molecule has 0 saturated heterocycles. The molecule has 0 radical (unpaired) electrons. The average molecular weight is 450 g/mol. The van der Waals surface area contributed by atoms with Gasteiger partial charge in [-0.1, -0.05) is 24.3 Å². The van der Waals surface area contributed by atoms with Gasteiger partial charge in [-0.15, -0.1) is 0 Å². The maximum Gasteiger partial charge on any atom is 0.309 e. The van der Waals surface area contributed by atoms with E-state index in [1.165, 1.54) is 7.11 Å². The fourth-order valence-electron chi connectivity index (χ4n) is 4.12. The van der Waals surface area contributed by atoms with E-state index in [9.17, 15) is 4.79 Å². The van der Waals surface area contributed by atoms with Gasteiger partial charge in [-0.2, -0.15) is 0 Å². The first-order chi connectivity index (χ1) is 15.9. The van der Waals surface area contributed by atoms with Crippen LogP contribution in [0.25, 0.3) is 11.3 Å². The molecule has 0 aliphatic carbocycles. The highest BCUT2D eigenvalue weighted by molar-refractivity contribution is 6.07. The Kier molecular flexibility index (Phi) is 7.74. The Labute approximate surface area is 194 Å². The number of hydrogen-bond acceptors (Lipinski definition) is 7. The molecule has 8 N–H and O–H groups in total. The number of esters is 1. The number of nitrogens with two attached hydrogens (primary N) is 3. The van der Waals surface area contributed by atoms with E-state index in [1.807, 2.05) is 56.6 Å². The fourth-order valence-corrected chi connectivity index (χ4v) is 4.12. The number of carbonyl (C=O) groups is 1. The van der Waals surface area contributed by atoms with Crippen LogP contribution >= 0.6 is 0 Å². The van der Waals surface area contributed by atoms with Crippen LogP contribution in [-0.2, 0) is 16.0 Å². The minimum absolute atomic E-state index is 0.0372. The second-order valence-electron chi connectivity index (χ2n) is 8.02. The van der Waals surface area contributed by atoms with Gasteiger partial charge in [0, 0.05) is 29.7 Å². The van der Waals surface area contributed by atoms with Crippen molar-refractivity contribution in [2.75, 3.05) is 26.0 Å². The van der Waals surface area contributed by atoms with Crippen LogP contribution in [0.3, 0.4) is 0 Å². The molecule has 0 spiro atoms. The molecule has 1 heterocycles. The van der Waals surface area contributed by atoms with Gasteiger partial charge < -0.3 is 26.5 Å². The largest absolute Gasteiger partial charge is 0.469 e. The maximum absolute atomic E-state index is 11.7. The van der Waals surface area contributed by atoms with Crippen molar-refractivity contribution in [1.82, 2.24) is 5.01 Å². The Morgan fingerprint density at radius 1 is 1.30 bits per heavy atom. The summed E-state index contributed by atoms with van der Waals surface area (Å²) in [5.41, 5.74) is 19.3. The van der Waals surface area contributed by atoms with Crippen molar-refractivity contribution in [2.24, 2.45) is 17.3 Å². The second-order valence-corrected chi connectivity index (χ2v) is 8.02. The molecule has 8 nitrogen and oxygen atoms in total. The van der Waals surface area contributed by atoms with E-state index in [0.29, 0.717) is 12.2 Å². The van der Waals surface area contributed by atoms with E-state index in [-0.39, 0.29) is 18.4 Å². The van der Waals surface area contributed by atoms with Crippen molar-refractivity contribution < 1.29 is 14.5 Å². The smallest absolute Gasteiger partial charge is 0.309 e. The molecule has 1 aliphatic heterocycles. The summed E-state index contributed by atoms with van der Waals surface area (Å²) in [5, 5.41) is 5.34. The number of hydrazine groups is 1. The van der Waals surface area contributed by atoms with Crippen LogP contribution in [-0.4, -0.2) is 37.9 Å². The summed E-state index contributed by atoms with van der Waals surface area (Å²) in [7, 11) is 3.23. The maximum atomic E-state index is 11.7. The number of carbonyl (C=O) groups excluding carboxylic acids is 1. The Bertz CT molecular complexity index is 1100. The lowest BCUT2D eigenvalue weighted by atomic mass is 9.92. The number of hydrogen-bond donors (Lipinski definition) is 5. The zero-order valence-electron chi connectivity index (χ0n) is 19.4. The normalized spacial score (nSPS) is 18.0. The van der Waals surface area contributed by atoms with Crippen molar-refractivity contribution >= 4 is 29.1 Å². The van der Waals surface area contributed by atoms with E-state index in [0.717, 1.165) is 45.6 Å². The highest BCUT2D eigenvalue weighted by Crippen LogP contribution is 2.36. The number of ether oxygens (including phenoxy) is 1. The molecule has 2 aromatic rings. The fraction of sp³-hybridized carbons (Fsp3) is 0.280. The summed E-state index contributed by atoms with van der Waals surface area (Å²) >= 11 is 0. The number of allylic oxidation sites excluding steroid dienone is 2. The highest BCUT2D eigenvalue weighted by atomic mass is 16.5. The van der Waals surface area contributed by atoms with Crippen molar-refractivity contribution in [1.29, 1.82) is 0 Å². The Morgan fingerprint density at radius 3 is 2.76 bits per heavy atom. The van der Waals surface area contributed by atoms with Crippen LogP contribution in [0.2, 0.25) is 0 Å². The first-order valence-corrected chi connectivity index (χ1v) is 10.9. The van der Waals surface area contributed by atoms with Gasteiger partial charge in [0.05, 0.1) is 30.8 Å². The molecular weight excluding hydrogens is 416 g/mol. The lowest BCUT2D eigenvalue weighted by molar-refractivity contribution is -0.412. The molecule has 0 bridgehead atoms. The van der Waals surface area contributed by atoms with Gasteiger partial charge in [-0.25, -0.2) is 5.84 Å². The van der Waals surface area contributed by atoms with Crippen LogP contribution in [0.4, 0.5) is 5.69 Å². The van der Waals surface area contributed by atoms with Crippen molar-refractivity contribution in [3.63, 3.8) is 0 Å². The summed E-state index contributed by atoms with van der Waals surface area (Å²) in [6.07, 6.45) is 4.41. The second kappa shape index (κ2) is 10.7. The molecular formula is C25H33N6O2+. The number of methoxy groups -OCH3 is 1. The van der Waals surface area contributed by atoms with Gasteiger partial charge in [0.2, 0.25) is 0 Å². The Morgan fingerprint density at radius 2 is 2.09 bits per heavy atom. The number of rotatable bonds is 6. The Hall–Kier alpha value is -3.78. The zero-order chi connectivity index (χ0) is 24.0. The molecule has 0 amide bonds. The van der Waals surface area contributed by atoms with Gasteiger partial charge >= 0.3 is 5.97 Å². The molecule has 0 aromatic heterocycles. The third-order valence-electron chi connectivity index (χ3n) is 5.66.